The van der Waals surface area contributed by atoms with E-state index in [0.29, 0.717) is 24.2 Å². The maximum atomic E-state index is 12.8. The Kier molecular flexibility index (Phi) is 6.42. The number of fused-ring (bicyclic) bond motifs is 1. The number of amides is 3. The van der Waals surface area contributed by atoms with E-state index in [1.54, 1.807) is 12.1 Å². The van der Waals surface area contributed by atoms with E-state index in [0.717, 1.165) is 12.1 Å². The summed E-state index contributed by atoms with van der Waals surface area (Å²) in [5.74, 6) is -0.961. The summed E-state index contributed by atoms with van der Waals surface area (Å²) in [6, 6.07) is 24.2. The average molecular weight is 428 g/mol. The van der Waals surface area contributed by atoms with Crippen molar-refractivity contribution in [2.45, 2.75) is 13.1 Å². The molecule has 0 atom stereocenters. The quantitative estimate of drug-likeness (QED) is 0.560. The highest BCUT2D eigenvalue weighted by molar-refractivity contribution is 6.22. The van der Waals surface area contributed by atoms with Crippen LogP contribution in [0.15, 0.2) is 78.9 Å². The second-order valence-electron chi connectivity index (χ2n) is 7.92. The highest BCUT2D eigenvalue weighted by Crippen LogP contribution is 2.25. The molecule has 0 spiro atoms. The smallest absolute Gasteiger partial charge is 0.261 e. The first-order chi connectivity index (χ1) is 15.5. The lowest BCUT2D eigenvalue weighted by Gasteiger charge is -2.17. The third-order valence-corrected chi connectivity index (χ3v) is 5.49. The Hall–Kier alpha value is -3.77. The van der Waals surface area contributed by atoms with Gasteiger partial charge in [0.1, 0.15) is 0 Å². The number of carbonyl (C=O) groups is 3. The van der Waals surface area contributed by atoms with Gasteiger partial charge in [-0.3, -0.25) is 19.3 Å². The molecule has 6 nitrogen and oxygen atoms in total. The monoisotopic (exact) mass is 427 g/mol. The Labute approximate surface area is 187 Å². The minimum Gasteiger partial charge on any atom is -0.351 e. The number of hydrogen-bond donors (Lipinski definition) is 1. The maximum Gasteiger partial charge on any atom is 0.261 e. The molecule has 1 aliphatic heterocycles. The molecule has 162 valence electrons. The summed E-state index contributed by atoms with van der Waals surface area (Å²) in [5.41, 5.74) is 3.07. The van der Waals surface area contributed by atoms with Gasteiger partial charge in [-0.1, -0.05) is 60.7 Å². The normalized spacial score (nSPS) is 12.9. The number of carbonyl (C=O) groups excluding carboxylic acids is 3. The molecule has 0 aromatic heterocycles. The first-order valence-corrected chi connectivity index (χ1v) is 10.6. The van der Waals surface area contributed by atoms with Gasteiger partial charge in [-0.05, 0) is 36.4 Å². The van der Waals surface area contributed by atoms with Crippen molar-refractivity contribution in [3.63, 3.8) is 0 Å². The minimum absolute atomic E-state index is 0.211. The van der Waals surface area contributed by atoms with E-state index in [-0.39, 0.29) is 29.8 Å². The standard InChI is InChI=1S/C26H25N3O3/c1-28(17-19-8-4-2-5-9-19)15-14-27-24(30)21-12-13-22-23(16-21)26(32)29(25(22)31)18-20-10-6-3-7-11-20/h2-13,16H,14-15,17-18H2,1H3,(H,27,30). The summed E-state index contributed by atoms with van der Waals surface area (Å²) < 4.78 is 0. The van der Waals surface area contributed by atoms with Gasteiger partial charge in [-0.2, -0.15) is 0 Å². The molecule has 0 aliphatic carbocycles. The van der Waals surface area contributed by atoms with Gasteiger partial charge in [0.25, 0.3) is 17.7 Å². The highest BCUT2D eigenvalue weighted by atomic mass is 16.2. The molecule has 0 radical (unpaired) electrons. The molecule has 3 aromatic rings. The molecule has 3 aromatic carbocycles. The van der Waals surface area contributed by atoms with E-state index in [1.807, 2.05) is 55.6 Å². The highest BCUT2D eigenvalue weighted by Gasteiger charge is 2.35. The van der Waals surface area contributed by atoms with Crippen molar-refractivity contribution in [2.24, 2.45) is 0 Å². The molecular formula is C26H25N3O3. The molecule has 0 fully saturated rings. The number of benzene rings is 3. The van der Waals surface area contributed by atoms with Crippen LogP contribution in [0.5, 0.6) is 0 Å². The van der Waals surface area contributed by atoms with Crippen LogP contribution < -0.4 is 5.32 Å². The van der Waals surface area contributed by atoms with Gasteiger partial charge < -0.3 is 10.2 Å². The molecule has 1 N–H and O–H groups in total. The number of nitrogens with zero attached hydrogens (tertiary/aromatic N) is 2. The van der Waals surface area contributed by atoms with Crippen molar-refractivity contribution in [1.82, 2.24) is 15.1 Å². The van der Waals surface area contributed by atoms with Crippen LogP contribution in [0.4, 0.5) is 0 Å². The summed E-state index contributed by atoms with van der Waals surface area (Å²) in [5, 5.41) is 2.89. The number of rotatable bonds is 8. The van der Waals surface area contributed by atoms with Gasteiger partial charge in [0.15, 0.2) is 0 Å². The lowest BCUT2D eigenvalue weighted by atomic mass is 10.1. The minimum atomic E-state index is -0.369. The van der Waals surface area contributed by atoms with Crippen molar-refractivity contribution >= 4 is 17.7 Å². The average Bonchev–Trinajstić information content (AvgIpc) is 3.04. The zero-order valence-corrected chi connectivity index (χ0v) is 18.0. The zero-order chi connectivity index (χ0) is 22.5. The molecular weight excluding hydrogens is 402 g/mol. The molecule has 3 amide bonds. The van der Waals surface area contributed by atoms with Crippen LogP contribution in [0, 0.1) is 0 Å². The van der Waals surface area contributed by atoms with Crippen LogP contribution in [0.2, 0.25) is 0 Å². The molecule has 0 bridgehead atoms. The van der Waals surface area contributed by atoms with Gasteiger partial charge in [0, 0.05) is 25.2 Å². The molecule has 0 saturated heterocycles. The Balaban J connectivity index is 1.35. The van der Waals surface area contributed by atoms with E-state index < -0.39 is 0 Å². The number of hydrogen-bond acceptors (Lipinski definition) is 4. The number of likely N-dealkylation sites (N-methyl/N-ethyl adjacent to an activating group) is 1. The Bertz CT molecular complexity index is 1130. The van der Waals surface area contributed by atoms with E-state index >= 15 is 0 Å². The van der Waals surface area contributed by atoms with Crippen molar-refractivity contribution in [1.29, 1.82) is 0 Å². The lowest BCUT2D eigenvalue weighted by Crippen LogP contribution is -2.32. The predicted molar refractivity (Wildman–Crippen MR) is 122 cm³/mol. The first-order valence-electron chi connectivity index (χ1n) is 10.6. The molecule has 32 heavy (non-hydrogen) atoms. The van der Waals surface area contributed by atoms with Gasteiger partial charge in [0.2, 0.25) is 0 Å². The van der Waals surface area contributed by atoms with Gasteiger partial charge in [-0.15, -0.1) is 0 Å². The van der Waals surface area contributed by atoms with E-state index in [9.17, 15) is 14.4 Å². The summed E-state index contributed by atoms with van der Waals surface area (Å²) in [6.07, 6.45) is 0. The van der Waals surface area contributed by atoms with Crippen LogP contribution in [0.3, 0.4) is 0 Å². The first kappa shape index (κ1) is 21.5. The molecule has 1 aliphatic rings. The Morgan fingerprint density at radius 1 is 0.844 bits per heavy atom. The zero-order valence-electron chi connectivity index (χ0n) is 18.0. The van der Waals surface area contributed by atoms with Crippen LogP contribution in [0.25, 0.3) is 0 Å². The second kappa shape index (κ2) is 9.58. The van der Waals surface area contributed by atoms with Gasteiger partial charge >= 0.3 is 0 Å². The molecule has 1 heterocycles. The lowest BCUT2D eigenvalue weighted by molar-refractivity contribution is 0.0642. The van der Waals surface area contributed by atoms with Crippen molar-refractivity contribution in [3.8, 4) is 0 Å². The van der Waals surface area contributed by atoms with Crippen LogP contribution in [0.1, 0.15) is 42.2 Å². The molecule has 0 unspecified atom stereocenters. The van der Waals surface area contributed by atoms with E-state index in [2.05, 4.69) is 22.3 Å². The van der Waals surface area contributed by atoms with Gasteiger partial charge in [0.05, 0.1) is 17.7 Å². The Morgan fingerprint density at radius 3 is 2.16 bits per heavy atom. The second-order valence-corrected chi connectivity index (χ2v) is 7.92. The van der Waals surface area contributed by atoms with Crippen molar-refractivity contribution in [3.05, 3.63) is 107 Å². The SMILES string of the molecule is CN(CCNC(=O)c1ccc2c(c1)C(=O)N(Cc1ccccc1)C2=O)Cc1ccccc1. The topological polar surface area (TPSA) is 69.7 Å². The summed E-state index contributed by atoms with van der Waals surface area (Å²) in [6.45, 7) is 2.17. The molecule has 6 heteroatoms. The third kappa shape index (κ3) is 4.76. The Morgan fingerprint density at radius 2 is 1.47 bits per heavy atom. The number of imide groups is 1. The van der Waals surface area contributed by atoms with Gasteiger partial charge in [-0.25, -0.2) is 0 Å². The fourth-order valence-corrected chi connectivity index (χ4v) is 3.78. The maximum absolute atomic E-state index is 12.8. The van der Waals surface area contributed by atoms with Crippen molar-refractivity contribution in [2.75, 3.05) is 20.1 Å². The third-order valence-electron chi connectivity index (χ3n) is 5.49. The van der Waals surface area contributed by atoms with E-state index in [4.69, 9.17) is 0 Å². The summed E-state index contributed by atoms with van der Waals surface area (Å²) in [7, 11) is 2.00. The fourth-order valence-electron chi connectivity index (χ4n) is 3.78. The molecule has 4 rings (SSSR count). The predicted octanol–water partition coefficient (Wildman–Crippen LogP) is 3.34. The largest absolute Gasteiger partial charge is 0.351 e. The van der Waals surface area contributed by atoms with Crippen molar-refractivity contribution < 1.29 is 14.4 Å². The van der Waals surface area contributed by atoms with Crippen LogP contribution in [-0.4, -0.2) is 47.7 Å². The van der Waals surface area contributed by atoms with Crippen LogP contribution in [-0.2, 0) is 13.1 Å². The van der Waals surface area contributed by atoms with Crippen LogP contribution >= 0.6 is 0 Å². The molecule has 0 saturated carbocycles. The van der Waals surface area contributed by atoms with E-state index in [1.165, 1.54) is 16.5 Å². The summed E-state index contributed by atoms with van der Waals surface area (Å²) >= 11 is 0. The fraction of sp³-hybridized carbons (Fsp3) is 0.192. The summed E-state index contributed by atoms with van der Waals surface area (Å²) in [4.78, 5) is 41.5. The number of nitrogens with one attached hydrogen (secondary N) is 1.